The van der Waals surface area contributed by atoms with Crippen LogP contribution < -0.4 is 0 Å². The largest absolute Gasteiger partial charge is 0.310 e. The van der Waals surface area contributed by atoms with Gasteiger partial charge in [0.2, 0.25) is 0 Å². The molecule has 1 aliphatic heterocycles. The van der Waals surface area contributed by atoms with Crippen LogP contribution in [-0.2, 0) is 0 Å². The topological polar surface area (TPSA) is 30.3 Å². The summed E-state index contributed by atoms with van der Waals surface area (Å²) in [5.41, 5.74) is 0. The van der Waals surface area contributed by atoms with Crippen LogP contribution in [0.3, 0.4) is 0 Å². The number of nitriles is 1. The molecular formula is C14H29N3Si. The SMILES string of the molecule is CCCC(C)(C)[Si](C)(C)N1CCN(CCC#N)C1. The van der Waals surface area contributed by atoms with Gasteiger partial charge in [-0.2, -0.15) is 5.26 Å². The Bertz CT molecular complexity index is 307. The molecular weight excluding hydrogens is 238 g/mol. The van der Waals surface area contributed by atoms with Crippen molar-refractivity contribution in [3.63, 3.8) is 0 Å². The van der Waals surface area contributed by atoms with Crippen LogP contribution in [0.15, 0.2) is 0 Å². The summed E-state index contributed by atoms with van der Waals surface area (Å²) in [6.07, 6.45) is 3.25. The molecule has 0 N–H and O–H groups in total. The lowest BCUT2D eigenvalue weighted by Gasteiger charge is -2.46. The normalized spacial score (nSPS) is 19.1. The minimum atomic E-state index is -1.39. The number of hydrogen-bond acceptors (Lipinski definition) is 3. The molecule has 1 rings (SSSR count). The third kappa shape index (κ3) is 3.34. The molecule has 0 radical (unpaired) electrons. The number of hydrogen-bond donors (Lipinski definition) is 0. The summed E-state index contributed by atoms with van der Waals surface area (Å²) in [5, 5.41) is 9.14. The molecule has 0 amide bonds. The van der Waals surface area contributed by atoms with E-state index in [1.807, 2.05) is 0 Å². The molecule has 1 fully saturated rings. The summed E-state index contributed by atoms with van der Waals surface area (Å²) in [6, 6.07) is 2.25. The Morgan fingerprint density at radius 3 is 2.50 bits per heavy atom. The quantitative estimate of drug-likeness (QED) is 0.692. The zero-order valence-electron chi connectivity index (χ0n) is 12.8. The maximum Gasteiger partial charge on any atom is 0.129 e. The Labute approximate surface area is 114 Å². The van der Waals surface area contributed by atoms with Gasteiger partial charge in [0.05, 0.1) is 6.07 Å². The Morgan fingerprint density at radius 1 is 1.28 bits per heavy atom. The van der Waals surface area contributed by atoms with Gasteiger partial charge in [-0.25, -0.2) is 0 Å². The van der Waals surface area contributed by atoms with Crippen LogP contribution in [0.2, 0.25) is 18.1 Å². The summed E-state index contributed by atoms with van der Waals surface area (Å²) in [6.45, 7) is 16.5. The lowest BCUT2D eigenvalue weighted by atomic mass is 10.1. The molecule has 1 heterocycles. The Kier molecular flexibility index (Phi) is 5.39. The van der Waals surface area contributed by atoms with E-state index in [1.165, 1.54) is 19.4 Å². The Morgan fingerprint density at radius 2 is 1.94 bits per heavy atom. The van der Waals surface area contributed by atoms with Gasteiger partial charge in [-0.1, -0.05) is 40.3 Å². The zero-order valence-corrected chi connectivity index (χ0v) is 13.8. The fourth-order valence-electron chi connectivity index (χ4n) is 2.85. The van der Waals surface area contributed by atoms with Crippen LogP contribution in [0.5, 0.6) is 0 Å². The lowest BCUT2D eigenvalue weighted by Crippen LogP contribution is -2.55. The highest BCUT2D eigenvalue weighted by molar-refractivity contribution is 6.77. The van der Waals surface area contributed by atoms with E-state index in [0.717, 1.165) is 19.8 Å². The second-order valence-corrected chi connectivity index (χ2v) is 11.7. The first kappa shape index (κ1) is 15.7. The highest BCUT2D eigenvalue weighted by Gasteiger charge is 2.45. The van der Waals surface area contributed by atoms with Crippen molar-refractivity contribution >= 4 is 8.24 Å². The van der Waals surface area contributed by atoms with Crippen LogP contribution >= 0.6 is 0 Å². The maximum absolute atomic E-state index is 8.67. The Hall–Kier alpha value is -0.373. The molecule has 0 aromatic heterocycles. The van der Waals surface area contributed by atoms with Crippen LogP contribution in [0.4, 0.5) is 0 Å². The predicted octanol–water partition coefficient (Wildman–Crippen LogP) is 3.26. The number of nitrogens with zero attached hydrogens (tertiary/aromatic N) is 3. The van der Waals surface area contributed by atoms with Crippen molar-refractivity contribution < 1.29 is 0 Å². The standard InChI is InChI=1S/C14H29N3Si/c1-6-8-14(2,3)18(4,5)17-12-11-16(13-17)10-7-9-15/h6-8,10-13H2,1-5H3. The molecule has 0 aromatic rings. The summed E-state index contributed by atoms with van der Waals surface area (Å²) in [5.74, 6) is 0. The average Bonchev–Trinajstić information content (AvgIpc) is 2.75. The lowest BCUT2D eigenvalue weighted by molar-refractivity contribution is 0.301. The van der Waals surface area contributed by atoms with E-state index in [2.05, 4.69) is 49.4 Å². The van der Waals surface area contributed by atoms with Gasteiger partial charge in [-0.05, 0) is 11.5 Å². The summed E-state index contributed by atoms with van der Waals surface area (Å²) in [7, 11) is -1.39. The smallest absolute Gasteiger partial charge is 0.129 e. The molecule has 0 spiro atoms. The first-order valence-corrected chi connectivity index (χ1v) is 10.1. The fourth-order valence-corrected chi connectivity index (χ4v) is 5.78. The second kappa shape index (κ2) is 6.18. The van der Waals surface area contributed by atoms with E-state index >= 15 is 0 Å². The van der Waals surface area contributed by atoms with Crippen molar-refractivity contribution in [2.75, 3.05) is 26.3 Å². The summed E-state index contributed by atoms with van der Waals surface area (Å²) < 4.78 is 2.72. The summed E-state index contributed by atoms with van der Waals surface area (Å²) in [4.78, 5) is 2.43. The fraction of sp³-hybridized carbons (Fsp3) is 0.929. The highest BCUT2D eigenvalue weighted by atomic mass is 28.3. The third-order valence-corrected chi connectivity index (χ3v) is 10.4. The number of rotatable bonds is 6. The van der Waals surface area contributed by atoms with Gasteiger partial charge in [0, 0.05) is 32.7 Å². The van der Waals surface area contributed by atoms with Crippen LogP contribution in [0.1, 0.15) is 40.0 Å². The summed E-state index contributed by atoms with van der Waals surface area (Å²) >= 11 is 0. The minimum absolute atomic E-state index is 0.465. The van der Waals surface area contributed by atoms with E-state index in [1.54, 1.807) is 0 Å². The molecule has 4 heteroatoms. The van der Waals surface area contributed by atoms with Crippen molar-refractivity contribution in [2.24, 2.45) is 0 Å². The van der Waals surface area contributed by atoms with E-state index < -0.39 is 8.24 Å². The second-order valence-electron chi connectivity index (χ2n) is 6.62. The Balaban J connectivity index is 2.62. The molecule has 0 aromatic carbocycles. The van der Waals surface area contributed by atoms with E-state index in [9.17, 15) is 0 Å². The molecule has 18 heavy (non-hydrogen) atoms. The van der Waals surface area contributed by atoms with Gasteiger partial charge in [0.1, 0.15) is 8.24 Å². The van der Waals surface area contributed by atoms with E-state index in [0.29, 0.717) is 11.5 Å². The molecule has 3 nitrogen and oxygen atoms in total. The zero-order chi connectivity index (χ0) is 13.8. The van der Waals surface area contributed by atoms with Crippen molar-refractivity contribution in [1.82, 2.24) is 9.47 Å². The van der Waals surface area contributed by atoms with Crippen LogP contribution in [0, 0.1) is 11.3 Å². The monoisotopic (exact) mass is 267 g/mol. The average molecular weight is 267 g/mol. The highest BCUT2D eigenvalue weighted by Crippen LogP contribution is 2.43. The molecule has 1 saturated heterocycles. The maximum atomic E-state index is 8.67. The molecule has 0 aliphatic carbocycles. The van der Waals surface area contributed by atoms with Gasteiger partial charge >= 0.3 is 0 Å². The minimum Gasteiger partial charge on any atom is -0.310 e. The molecule has 104 valence electrons. The van der Waals surface area contributed by atoms with Crippen molar-refractivity contribution in [3.8, 4) is 6.07 Å². The third-order valence-electron chi connectivity index (χ3n) is 4.92. The van der Waals surface area contributed by atoms with Crippen molar-refractivity contribution in [1.29, 1.82) is 5.26 Å². The van der Waals surface area contributed by atoms with Crippen molar-refractivity contribution in [2.45, 2.75) is 58.2 Å². The molecule has 0 bridgehead atoms. The van der Waals surface area contributed by atoms with Crippen LogP contribution in [-0.4, -0.2) is 44.0 Å². The van der Waals surface area contributed by atoms with Gasteiger partial charge in [0.25, 0.3) is 0 Å². The van der Waals surface area contributed by atoms with E-state index in [-0.39, 0.29) is 0 Å². The molecule has 0 atom stereocenters. The first-order valence-electron chi connectivity index (χ1n) is 7.19. The molecule has 0 unspecified atom stereocenters. The van der Waals surface area contributed by atoms with Gasteiger partial charge in [-0.15, -0.1) is 0 Å². The first-order chi connectivity index (χ1) is 8.35. The molecule has 0 saturated carbocycles. The van der Waals surface area contributed by atoms with Gasteiger partial charge < -0.3 is 4.57 Å². The molecule has 1 aliphatic rings. The van der Waals surface area contributed by atoms with E-state index in [4.69, 9.17) is 5.26 Å². The van der Waals surface area contributed by atoms with Gasteiger partial charge in [-0.3, -0.25) is 4.90 Å². The predicted molar refractivity (Wildman–Crippen MR) is 79.8 cm³/mol. The van der Waals surface area contributed by atoms with Gasteiger partial charge in [0.15, 0.2) is 0 Å². The van der Waals surface area contributed by atoms with Crippen molar-refractivity contribution in [3.05, 3.63) is 0 Å². The van der Waals surface area contributed by atoms with Crippen LogP contribution in [0.25, 0.3) is 0 Å².